The van der Waals surface area contributed by atoms with Crippen molar-refractivity contribution in [2.45, 2.75) is 38.8 Å². The number of rotatable bonds is 5. The molecule has 0 saturated carbocycles. The van der Waals surface area contributed by atoms with Crippen molar-refractivity contribution in [3.63, 3.8) is 0 Å². The van der Waals surface area contributed by atoms with Crippen LogP contribution in [0.1, 0.15) is 31.9 Å². The van der Waals surface area contributed by atoms with Gasteiger partial charge in [-0.25, -0.2) is 4.98 Å². The van der Waals surface area contributed by atoms with Gasteiger partial charge in [0, 0.05) is 25.0 Å². The minimum atomic E-state index is 0.709. The van der Waals surface area contributed by atoms with Gasteiger partial charge in [-0.15, -0.1) is 0 Å². The normalized spacial score (nSPS) is 17.1. The van der Waals surface area contributed by atoms with Crippen LogP contribution in [0, 0.1) is 0 Å². The van der Waals surface area contributed by atoms with Crippen LogP contribution in [0.2, 0.25) is 0 Å². The van der Waals surface area contributed by atoms with E-state index >= 15 is 0 Å². The van der Waals surface area contributed by atoms with Crippen LogP contribution in [0.15, 0.2) is 30.6 Å². The quantitative estimate of drug-likeness (QED) is 0.906. The Kier molecular flexibility index (Phi) is 4.33. The summed E-state index contributed by atoms with van der Waals surface area (Å²) in [5, 5.41) is 3.45. The molecule has 0 unspecified atom stereocenters. The number of pyridine rings is 1. The Hall–Kier alpha value is -1.39. The molecule has 0 spiro atoms. The van der Waals surface area contributed by atoms with E-state index in [2.05, 4.69) is 46.1 Å². The molecular formula is C16H24N4. The molecule has 1 aliphatic heterocycles. The molecule has 0 aliphatic carbocycles. The summed E-state index contributed by atoms with van der Waals surface area (Å²) in [4.78, 5) is 7.35. The summed E-state index contributed by atoms with van der Waals surface area (Å²) in [5.41, 5.74) is 2.23. The van der Waals surface area contributed by atoms with Gasteiger partial charge in [0.05, 0.1) is 5.69 Å². The fraction of sp³-hybridized carbons (Fsp3) is 0.562. The van der Waals surface area contributed by atoms with Crippen LogP contribution in [-0.4, -0.2) is 40.0 Å². The largest absolute Gasteiger partial charge is 0.317 e. The molecule has 0 radical (unpaired) electrons. The van der Waals surface area contributed by atoms with E-state index in [1.165, 1.54) is 31.5 Å². The summed E-state index contributed by atoms with van der Waals surface area (Å²) in [6, 6.07) is 6.87. The topological polar surface area (TPSA) is 32.6 Å². The molecule has 2 aromatic rings. The molecule has 0 amide bonds. The third-order valence-electron chi connectivity index (χ3n) is 4.11. The summed E-state index contributed by atoms with van der Waals surface area (Å²) in [5.74, 6) is 0. The van der Waals surface area contributed by atoms with Gasteiger partial charge in [-0.05, 0) is 51.0 Å². The molecule has 0 atom stereocenters. The maximum absolute atomic E-state index is 4.74. The third kappa shape index (κ3) is 3.02. The molecule has 108 valence electrons. The van der Waals surface area contributed by atoms with Crippen LogP contribution < -0.4 is 5.32 Å². The van der Waals surface area contributed by atoms with Crippen molar-refractivity contribution in [3.8, 4) is 0 Å². The molecular weight excluding hydrogens is 248 g/mol. The zero-order valence-electron chi connectivity index (χ0n) is 12.3. The van der Waals surface area contributed by atoms with Gasteiger partial charge in [0.25, 0.3) is 0 Å². The summed E-state index contributed by atoms with van der Waals surface area (Å²) < 4.78 is 2.11. The van der Waals surface area contributed by atoms with Crippen molar-refractivity contribution in [1.82, 2.24) is 19.6 Å². The molecule has 20 heavy (non-hydrogen) atoms. The Labute approximate surface area is 120 Å². The monoisotopic (exact) mass is 272 g/mol. The van der Waals surface area contributed by atoms with Crippen LogP contribution in [0.4, 0.5) is 0 Å². The van der Waals surface area contributed by atoms with Crippen molar-refractivity contribution < 1.29 is 0 Å². The second kappa shape index (κ2) is 6.37. The Morgan fingerprint density at radius 2 is 2.20 bits per heavy atom. The number of aromatic nitrogens is 2. The lowest BCUT2D eigenvalue weighted by molar-refractivity contribution is 0.152. The zero-order valence-corrected chi connectivity index (χ0v) is 12.3. The van der Waals surface area contributed by atoms with Crippen molar-refractivity contribution >= 4 is 5.65 Å². The van der Waals surface area contributed by atoms with E-state index in [4.69, 9.17) is 4.98 Å². The predicted octanol–water partition coefficient (Wildman–Crippen LogP) is 2.30. The Balaban J connectivity index is 1.74. The average Bonchev–Trinajstić information content (AvgIpc) is 2.90. The van der Waals surface area contributed by atoms with Crippen LogP contribution >= 0.6 is 0 Å². The molecule has 3 rings (SSSR count). The second-order valence-electron chi connectivity index (χ2n) is 5.65. The van der Waals surface area contributed by atoms with E-state index in [1.807, 2.05) is 6.07 Å². The van der Waals surface area contributed by atoms with Crippen molar-refractivity contribution in [3.05, 3.63) is 36.3 Å². The van der Waals surface area contributed by atoms with Crippen LogP contribution in [0.5, 0.6) is 0 Å². The third-order valence-corrected chi connectivity index (χ3v) is 4.11. The maximum atomic E-state index is 4.74. The summed E-state index contributed by atoms with van der Waals surface area (Å²) in [6.07, 6.45) is 7.96. The maximum Gasteiger partial charge on any atom is 0.137 e. The summed E-state index contributed by atoms with van der Waals surface area (Å²) >= 11 is 0. The first-order valence-corrected chi connectivity index (χ1v) is 7.74. The highest BCUT2D eigenvalue weighted by atomic mass is 15.2. The van der Waals surface area contributed by atoms with Gasteiger partial charge in [-0.1, -0.05) is 13.0 Å². The van der Waals surface area contributed by atoms with Gasteiger partial charge in [-0.3, -0.25) is 4.90 Å². The van der Waals surface area contributed by atoms with E-state index in [9.17, 15) is 0 Å². The van der Waals surface area contributed by atoms with E-state index in [0.717, 1.165) is 25.3 Å². The standard InChI is InChI=1S/C16H24N4/c1-2-10-19(15-6-8-17-9-7-15)12-14-13-20-11-4-3-5-16(20)18-14/h3-5,11,13,15,17H,2,6-10,12H2,1H3. The number of nitrogens with zero attached hydrogens (tertiary/aromatic N) is 3. The predicted molar refractivity (Wildman–Crippen MR) is 81.8 cm³/mol. The number of nitrogens with one attached hydrogen (secondary N) is 1. The highest BCUT2D eigenvalue weighted by Crippen LogP contribution is 2.16. The average molecular weight is 272 g/mol. The minimum absolute atomic E-state index is 0.709. The van der Waals surface area contributed by atoms with Crippen LogP contribution in [0.25, 0.3) is 5.65 Å². The zero-order chi connectivity index (χ0) is 13.8. The lowest BCUT2D eigenvalue weighted by Gasteiger charge is -2.34. The fourth-order valence-electron chi connectivity index (χ4n) is 3.12. The van der Waals surface area contributed by atoms with Crippen molar-refractivity contribution in [2.75, 3.05) is 19.6 Å². The molecule has 1 fully saturated rings. The Morgan fingerprint density at radius 1 is 1.35 bits per heavy atom. The van der Waals surface area contributed by atoms with Gasteiger partial charge in [0.15, 0.2) is 0 Å². The molecule has 1 N–H and O–H groups in total. The molecule has 2 aromatic heterocycles. The first kappa shape index (κ1) is 13.6. The summed E-state index contributed by atoms with van der Waals surface area (Å²) in [7, 11) is 0. The van der Waals surface area contributed by atoms with Crippen LogP contribution in [-0.2, 0) is 6.54 Å². The van der Waals surface area contributed by atoms with Crippen LogP contribution in [0.3, 0.4) is 0 Å². The van der Waals surface area contributed by atoms with Gasteiger partial charge >= 0.3 is 0 Å². The summed E-state index contributed by atoms with van der Waals surface area (Å²) in [6.45, 7) is 6.70. The highest BCUT2D eigenvalue weighted by molar-refractivity contribution is 5.39. The van der Waals surface area contributed by atoms with E-state index in [-0.39, 0.29) is 0 Å². The second-order valence-corrected chi connectivity index (χ2v) is 5.65. The van der Waals surface area contributed by atoms with Gasteiger partial charge < -0.3 is 9.72 Å². The lowest BCUT2D eigenvalue weighted by atomic mass is 10.0. The van der Waals surface area contributed by atoms with Gasteiger partial charge in [0.2, 0.25) is 0 Å². The lowest BCUT2D eigenvalue weighted by Crippen LogP contribution is -2.43. The number of hydrogen-bond donors (Lipinski definition) is 1. The first-order valence-electron chi connectivity index (χ1n) is 7.74. The Morgan fingerprint density at radius 3 is 2.95 bits per heavy atom. The SMILES string of the molecule is CCCN(Cc1cn2ccccc2n1)C1CCNCC1. The van der Waals surface area contributed by atoms with E-state index in [0.29, 0.717) is 6.04 Å². The molecule has 4 nitrogen and oxygen atoms in total. The van der Waals surface area contributed by atoms with E-state index in [1.54, 1.807) is 0 Å². The molecule has 1 saturated heterocycles. The fourth-order valence-corrected chi connectivity index (χ4v) is 3.12. The van der Waals surface area contributed by atoms with Gasteiger partial charge in [0.1, 0.15) is 5.65 Å². The number of fused-ring (bicyclic) bond motifs is 1. The first-order chi connectivity index (χ1) is 9.86. The molecule has 1 aliphatic rings. The number of imidazole rings is 1. The Bertz CT molecular complexity index is 509. The molecule has 4 heteroatoms. The minimum Gasteiger partial charge on any atom is -0.317 e. The highest BCUT2D eigenvalue weighted by Gasteiger charge is 2.21. The van der Waals surface area contributed by atoms with Gasteiger partial charge in [-0.2, -0.15) is 0 Å². The van der Waals surface area contributed by atoms with Crippen molar-refractivity contribution in [1.29, 1.82) is 0 Å². The molecule has 0 bridgehead atoms. The van der Waals surface area contributed by atoms with E-state index < -0.39 is 0 Å². The smallest absolute Gasteiger partial charge is 0.137 e. The number of hydrogen-bond acceptors (Lipinski definition) is 3. The molecule has 0 aromatic carbocycles. The van der Waals surface area contributed by atoms with Crippen molar-refractivity contribution in [2.24, 2.45) is 0 Å². The number of piperidine rings is 1. The molecule has 3 heterocycles.